The Bertz CT molecular complexity index is 374. The van der Waals surface area contributed by atoms with Crippen LogP contribution in [0.2, 0.25) is 0 Å². The van der Waals surface area contributed by atoms with Crippen LogP contribution in [0.15, 0.2) is 0 Å². The van der Waals surface area contributed by atoms with Crippen molar-refractivity contribution in [1.82, 2.24) is 10.6 Å². The van der Waals surface area contributed by atoms with Crippen LogP contribution in [0, 0.1) is 5.41 Å². The van der Waals surface area contributed by atoms with Crippen molar-refractivity contribution in [2.45, 2.75) is 38.6 Å². The van der Waals surface area contributed by atoms with Crippen molar-refractivity contribution >= 4 is 9.84 Å². The minimum Gasteiger partial charge on any atom is -0.316 e. The molecule has 0 aliphatic carbocycles. The van der Waals surface area contributed by atoms with E-state index in [1.807, 2.05) is 6.92 Å². The van der Waals surface area contributed by atoms with Crippen molar-refractivity contribution < 1.29 is 8.42 Å². The highest BCUT2D eigenvalue weighted by molar-refractivity contribution is 7.91. The first-order chi connectivity index (χ1) is 7.83. The smallest absolute Gasteiger partial charge is 0.152 e. The van der Waals surface area contributed by atoms with Crippen LogP contribution < -0.4 is 10.6 Å². The van der Waals surface area contributed by atoms with Gasteiger partial charge in [0.25, 0.3) is 0 Å². The Hall–Kier alpha value is -0.130. The molecule has 2 heterocycles. The molecule has 0 aromatic rings. The van der Waals surface area contributed by atoms with Crippen LogP contribution in [-0.2, 0) is 9.84 Å². The van der Waals surface area contributed by atoms with E-state index in [1.165, 1.54) is 12.8 Å². The minimum absolute atomic E-state index is 0.209. The summed E-state index contributed by atoms with van der Waals surface area (Å²) in [6.45, 7) is 7.37. The Balaban J connectivity index is 1.89. The standard InChI is InChI=1S/C12H24N2O2S/c1-11(4-3-6-13-8-11)9-14-12(2)5-7-17(15,16)10-12/h13-14H,3-10H2,1-2H3. The van der Waals surface area contributed by atoms with Crippen LogP contribution in [0.1, 0.15) is 33.1 Å². The largest absolute Gasteiger partial charge is 0.316 e. The van der Waals surface area contributed by atoms with E-state index in [2.05, 4.69) is 17.6 Å². The van der Waals surface area contributed by atoms with Crippen LogP contribution in [0.3, 0.4) is 0 Å². The molecule has 0 aromatic heterocycles. The van der Waals surface area contributed by atoms with Gasteiger partial charge in [-0.25, -0.2) is 8.42 Å². The molecule has 5 heteroatoms. The van der Waals surface area contributed by atoms with Gasteiger partial charge in [-0.15, -0.1) is 0 Å². The van der Waals surface area contributed by atoms with Gasteiger partial charge >= 0.3 is 0 Å². The van der Waals surface area contributed by atoms with E-state index in [0.717, 1.165) is 26.1 Å². The van der Waals surface area contributed by atoms with Crippen molar-refractivity contribution in [3.8, 4) is 0 Å². The molecule has 2 unspecified atom stereocenters. The summed E-state index contributed by atoms with van der Waals surface area (Å²) in [5.74, 6) is 0.634. The lowest BCUT2D eigenvalue weighted by Gasteiger charge is -2.37. The second-order valence-corrected chi connectivity index (χ2v) is 8.53. The van der Waals surface area contributed by atoms with Crippen molar-refractivity contribution in [2.75, 3.05) is 31.1 Å². The fourth-order valence-electron chi connectivity index (χ4n) is 2.85. The van der Waals surface area contributed by atoms with Gasteiger partial charge in [0.15, 0.2) is 9.84 Å². The number of rotatable bonds is 3. The number of piperidine rings is 1. The highest BCUT2D eigenvalue weighted by Gasteiger charge is 2.39. The zero-order valence-electron chi connectivity index (χ0n) is 10.9. The van der Waals surface area contributed by atoms with Gasteiger partial charge in [-0.1, -0.05) is 6.92 Å². The maximum absolute atomic E-state index is 11.5. The number of sulfone groups is 1. The van der Waals surface area contributed by atoms with E-state index >= 15 is 0 Å². The third-order valence-electron chi connectivity index (χ3n) is 4.13. The number of hydrogen-bond acceptors (Lipinski definition) is 4. The first kappa shape index (κ1) is 13.3. The van der Waals surface area contributed by atoms with Crippen LogP contribution in [-0.4, -0.2) is 45.1 Å². The number of nitrogens with one attached hydrogen (secondary N) is 2. The van der Waals surface area contributed by atoms with Crippen LogP contribution in [0.25, 0.3) is 0 Å². The molecular weight excluding hydrogens is 236 g/mol. The topological polar surface area (TPSA) is 58.2 Å². The molecule has 0 radical (unpaired) electrons. The van der Waals surface area contributed by atoms with Gasteiger partial charge in [-0.05, 0) is 38.1 Å². The summed E-state index contributed by atoms with van der Waals surface area (Å²) in [6.07, 6.45) is 3.18. The third kappa shape index (κ3) is 3.42. The van der Waals surface area contributed by atoms with E-state index in [9.17, 15) is 8.42 Å². The summed E-state index contributed by atoms with van der Waals surface area (Å²) in [6, 6.07) is 0. The molecule has 0 bridgehead atoms. The second-order valence-electron chi connectivity index (χ2n) is 6.35. The van der Waals surface area contributed by atoms with Crippen LogP contribution in [0.5, 0.6) is 0 Å². The normalized spacial score (nSPS) is 41.5. The molecule has 100 valence electrons. The van der Waals surface area contributed by atoms with Crippen LogP contribution >= 0.6 is 0 Å². The molecular formula is C12H24N2O2S. The molecule has 2 aliphatic rings. The molecule has 2 N–H and O–H groups in total. The Labute approximate surface area is 104 Å². The van der Waals surface area contributed by atoms with E-state index in [0.29, 0.717) is 11.5 Å². The van der Waals surface area contributed by atoms with Gasteiger partial charge < -0.3 is 10.6 Å². The second kappa shape index (κ2) is 4.52. The molecule has 2 aliphatic heterocycles. The van der Waals surface area contributed by atoms with Crippen LogP contribution in [0.4, 0.5) is 0 Å². The number of hydrogen-bond donors (Lipinski definition) is 2. The van der Waals surface area contributed by atoms with Gasteiger partial charge in [0, 0.05) is 18.6 Å². The average molecular weight is 260 g/mol. The van der Waals surface area contributed by atoms with Crippen molar-refractivity contribution in [3.63, 3.8) is 0 Å². The molecule has 0 amide bonds. The van der Waals surface area contributed by atoms with E-state index in [4.69, 9.17) is 0 Å². The van der Waals surface area contributed by atoms with Crippen molar-refractivity contribution in [2.24, 2.45) is 5.41 Å². The lowest BCUT2D eigenvalue weighted by molar-refractivity contribution is 0.203. The monoisotopic (exact) mass is 260 g/mol. The summed E-state index contributed by atoms with van der Waals surface area (Å²) >= 11 is 0. The van der Waals surface area contributed by atoms with Gasteiger partial charge in [0.05, 0.1) is 11.5 Å². The highest BCUT2D eigenvalue weighted by atomic mass is 32.2. The predicted molar refractivity (Wildman–Crippen MR) is 69.9 cm³/mol. The molecule has 2 fully saturated rings. The molecule has 2 atom stereocenters. The lowest BCUT2D eigenvalue weighted by atomic mass is 9.82. The minimum atomic E-state index is -2.80. The van der Waals surface area contributed by atoms with Gasteiger partial charge in [0.2, 0.25) is 0 Å². The Morgan fingerprint density at radius 3 is 2.59 bits per heavy atom. The molecule has 0 saturated carbocycles. The van der Waals surface area contributed by atoms with E-state index in [-0.39, 0.29) is 11.0 Å². The van der Waals surface area contributed by atoms with Crippen molar-refractivity contribution in [3.05, 3.63) is 0 Å². The lowest BCUT2D eigenvalue weighted by Crippen LogP contribution is -2.51. The predicted octanol–water partition coefficient (Wildman–Crippen LogP) is 0.543. The third-order valence-corrected chi connectivity index (χ3v) is 6.03. The first-order valence-corrected chi connectivity index (χ1v) is 8.31. The van der Waals surface area contributed by atoms with E-state index in [1.54, 1.807) is 0 Å². The Morgan fingerprint density at radius 1 is 1.29 bits per heavy atom. The molecule has 0 aromatic carbocycles. The fourth-order valence-corrected chi connectivity index (χ4v) is 4.97. The fraction of sp³-hybridized carbons (Fsp3) is 1.00. The summed E-state index contributed by atoms with van der Waals surface area (Å²) in [5.41, 5.74) is 0.0624. The SMILES string of the molecule is CC1(CNC2(C)CCS(=O)(=O)C2)CCCNC1. The highest BCUT2D eigenvalue weighted by Crippen LogP contribution is 2.28. The molecule has 0 spiro atoms. The summed E-state index contributed by atoms with van der Waals surface area (Å²) in [4.78, 5) is 0. The van der Waals surface area contributed by atoms with E-state index < -0.39 is 9.84 Å². The van der Waals surface area contributed by atoms with Gasteiger partial charge in [-0.2, -0.15) is 0 Å². The Morgan fingerprint density at radius 2 is 2.06 bits per heavy atom. The zero-order chi connectivity index (χ0) is 12.6. The summed E-state index contributed by atoms with van der Waals surface area (Å²) in [5, 5.41) is 6.93. The van der Waals surface area contributed by atoms with Gasteiger partial charge in [0.1, 0.15) is 0 Å². The molecule has 17 heavy (non-hydrogen) atoms. The summed E-state index contributed by atoms with van der Waals surface area (Å²) < 4.78 is 23.0. The first-order valence-electron chi connectivity index (χ1n) is 6.49. The molecule has 2 rings (SSSR count). The molecule has 4 nitrogen and oxygen atoms in total. The Kier molecular flexibility index (Phi) is 3.54. The summed E-state index contributed by atoms with van der Waals surface area (Å²) in [7, 11) is -2.80. The molecule has 2 saturated heterocycles. The van der Waals surface area contributed by atoms with Crippen molar-refractivity contribution in [1.29, 1.82) is 0 Å². The average Bonchev–Trinajstić information content (AvgIpc) is 2.53. The zero-order valence-corrected chi connectivity index (χ0v) is 11.7. The van der Waals surface area contributed by atoms with Gasteiger partial charge in [-0.3, -0.25) is 0 Å². The maximum Gasteiger partial charge on any atom is 0.152 e. The maximum atomic E-state index is 11.5. The quantitative estimate of drug-likeness (QED) is 0.778.